The van der Waals surface area contributed by atoms with Crippen molar-refractivity contribution in [1.29, 1.82) is 0 Å². The molecule has 4 aromatic rings. The Labute approximate surface area is 176 Å². The maximum Gasteiger partial charge on any atom is 0.254 e. The van der Waals surface area contributed by atoms with E-state index in [0.717, 1.165) is 15.8 Å². The Morgan fingerprint density at radius 3 is 2.73 bits per heavy atom. The van der Waals surface area contributed by atoms with Gasteiger partial charge in [-0.3, -0.25) is 14.6 Å². The average Bonchev–Trinajstić information content (AvgIpc) is 3.08. The highest BCUT2D eigenvalue weighted by molar-refractivity contribution is 7.16. The van der Waals surface area contributed by atoms with Gasteiger partial charge in [0.2, 0.25) is 10.7 Å². The molecule has 0 spiro atoms. The molecular weight excluding hydrogens is 400 g/mol. The van der Waals surface area contributed by atoms with Crippen molar-refractivity contribution < 1.29 is 4.79 Å². The van der Waals surface area contributed by atoms with Gasteiger partial charge >= 0.3 is 0 Å². The van der Waals surface area contributed by atoms with Crippen molar-refractivity contribution in [1.82, 2.24) is 24.9 Å². The van der Waals surface area contributed by atoms with Gasteiger partial charge in [0.05, 0.1) is 10.2 Å². The number of thiazole rings is 1. The molecular formula is C21H20N6O2S. The van der Waals surface area contributed by atoms with Gasteiger partial charge in [0.1, 0.15) is 5.82 Å². The number of aryl methyl sites for hydroxylation is 2. The Kier molecular flexibility index (Phi) is 5.53. The standard InChI is InChI=1S/C21H20N6O2S/c1-13-15(20(29)24-19(23-13)14-9-11-22-12-10-14)7-8-18(28)25-26-21-27(2)16-5-3-4-6-17(16)30-21/h3-6,9-12H,7-8H2,1-2H3,(H,25,28)(H,23,24,29)/b26-21-. The number of para-hydroxylation sites is 1. The van der Waals surface area contributed by atoms with Crippen LogP contribution in [0.2, 0.25) is 0 Å². The molecule has 0 bridgehead atoms. The van der Waals surface area contributed by atoms with Crippen molar-refractivity contribution in [3.63, 3.8) is 0 Å². The van der Waals surface area contributed by atoms with E-state index < -0.39 is 0 Å². The molecule has 2 N–H and O–H groups in total. The molecule has 0 atom stereocenters. The predicted molar refractivity (Wildman–Crippen MR) is 116 cm³/mol. The van der Waals surface area contributed by atoms with Crippen molar-refractivity contribution in [2.24, 2.45) is 12.1 Å². The van der Waals surface area contributed by atoms with E-state index in [1.54, 1.807) is 31.5 Å². The van der Waals surface area contributed by atoms with Gasteiger partial charge in [0.15, 0.2) is 0 Å². The summed E-state index contributed by atoms with van der Waals surface area (Å²) in [6.07, 6.45) is 3.70. The third-order valence-corrected chi connectivity index (χ3v) is 5.88. The molecule has 1 aromatic carbocycles. The molecule has 0 unspecified atom stereocenters. The summed E-state index contributed by atoms with van der Waals surface area (Å²) >= 11 is 1.50. The molecule has 3 heterocycles. The predicted octanol–water partition coefficient (Wildman–Crippen LogP) is 2.26. The smallest absolute Gasteiger partial charge is 0.254 e. The Bertz CT molecular complexity index is 1340. The lowest BCUT2D eigenvalue weighted by molar-refractivity contribution is -0.121. The van der Waals surface area contributed by atoms with Gasteiger partial charge < -0.3 is 9.55 Å². The number of pyridine rings is 1. The lowest BCUT2D eigenvalue weighted by Crippen LogP contribution is -2.25. The molecule has 152 valence electrons. The van der Waals surface area contributed by atoms with Crippen LogP contribution in [0.5, 0.6) is 0 Å². The molecule has 0 aliphatic rings. The Balaban J connectivity index is 1.46. The van der Waals surface area contributed by atoms with Crippen LogP contribution >= 0.6 is 11.3 Å². The van der Waals surface area contributed by atoms with E-state index in [4.69, 9.17) is 0 Å². The van der Waals surface area contributed by atoms with Gasteiger partial charge in [-0.25, -0.2) is 10.4 Å². The molecule has 1 amide bonds. The number of rotatable bonds is 5. The fourth-order valence-corrected chi connectivity index (χ4v) is 4.12. The van der Waals surface area contributed by atoms with Crippen molar-refractivity contribution in [3.8, 4) is 11.4 Å². The van der Waals surface area contributed by atoms with Crippen LogP contribution in [-0.4, -0.2) is 25.4 Å². The normalized spacial score (nSPS) is 11.7. The second-order valence-electron chi connectivity index (χ2n) is 6.77. The van der Waals surface area contributed by atoms with Crippen LogP contribution in [0.1, 0.15) is 17.7 Å². The number of aromatic amines is 1. The minimum Gasteiger partial charge on any atom is -0.318 e. The van der Waals surface area contributed by atoms with Gasteiger partial charge in [0, 0.05) is 42.7 Å². The van der Waals surface area contributed by atoms with Gasteiger partial charge in [-0.1, -0.05) is 23.5 Å². The number of carbonyl (C=O) groups is 1. The summed E-state index contributed by atoms with van der Waals surface area (Å²) < 4.78 is 3.02. The van der Waals surface area contributed by atoms with Crippen molar-refractivity contribution in [2.45, 2.75) is 19.8 Å². The fraction of sp³-hybridized carbons (Fsp3) is 0.190. The largest absolute Gasteiger partial charge is 0.318 e. The molecule has 0 aliphatic carbocycles. The molecule has 0 radical (unpaired) electrons. The Hall–Kier alpha value is -3.59. The number of nitrogens with one attached hydrogen (secondary N) is 2. The van der Waals surface area contributed by atoms with Crippen LogP contribution in [0.3, 0.4) is 0 Å². The van der Waals surface area contributed by atoms with Crippen LogP contribution < -0.4 is 15.8 Å². The molecule has 0 fully saturated rings. The first kappa shape index (κ1) is 19.7. The summed E-state index contributed by atoms with van der Waals surface area (Å²) in [7, 11) is 1.91. The summed E-state index contributed by atoms with van der Waals surface area (Å²) in [5.41, 5.74) is 5.28. The summed E-state index contributed by atoms with van der Waals surface area (Å²) in [5.74, 6) is 0.227. The zero-order chi connectivity index (χ0) is 21.1. The van der Waals surface area contributed by atoms with E-state index >= 15 is 0 Å². The highest BCUT2D eigenvalue weighted by Crippen LogP contribution is 2.15. The minimum atomic E-state index is -0.260. The summed E-state index contributed by atoms with van der Waals surface area (Å²) in [4.78, 5) is 36.7. The number of fused-ring (bicyclic) bond motifs is 1. The monoisotopic (exact) mass is 420 g/mol. The average molecular weight is 420 g/mol. The van der Waals surface area contributed by atoms with Crippen LogP contribution in [0, 0.1) is 6.92 Å². The molecule has 3 aromatic heterocycles. The number of benzene rings is 1. The van der Waals surface area contributed by atoms with E-state index in [1.807, 2.05) is 35.9 Å². The molecule has 9 heteroatoms. The lowest BCUT2D eigenvalue weighted by Gasteiger charge is -2.07. The number of hydrogen-bond donors (Lipinski definition) is 2. The third kappa shape index (κ3) is 4.06. The molecule has 4 rings (SSSR count). The van der Waals surface area contributed by atoms with E-state index in [-0.39, 0.29) is 24.3 Å². The van der Waals surface area contributed by atoms with Crippen LogP contribution in [-0.2, 0) is 18.3 Å². The quantitative estimate of drug-likeness (QED) is 0.483. The highest BCUT2D eigenvalue weighted by Gasteiger charge is 2.12. The third-order valence-electron chi connectivity index (χ3n) is 4.77. The molecule has 0 saturated carbocycles. The number of H-pyrrole nitrogens is 1. The van der Waals surface area contributed by atoms with Crippen LogP contribution in [0.25, 0.3) is 21.6 Å². The number of hydrogen-bond acceptors (Lipinski definition) is 6. The second-order valence-corrected chi connectivity index (χ2v) is 7.78. The molecule has 0 saturated heterocycles. The number of amides is 1. The first-order valence-corrected chi connectivity index (χ1v) is 10.2. The van der Waals surface area contributed by atoms with Crippen molar-refractivity contribution >= 4 is 27.5 Å². The van der Waals surface area contributed by atoms with Gasteiger partial charge in [0.25, 0.3) is 5.56 Å². The zero-order valence-electron chi connectivity index (χ0n) is 16.5. The lowest BCUT2D eigenvalue weighted by atomic mass is 10.1. The maximum atomic E-state index is 12.5. The maximum absolute atomic E-state index is 12.5. The Morgan fingerprint density at radius 1 is 1.23 bits per heavy atom. The fourth-order valence-electron chi connectivity index (χ4n) is 3.14. The zero-order valence-corrected chi connectivity index (χ0v) is 17.4. The van der Waals surface area contributed by atoms with Crippen molar-refractivity contribution in [2.75, 3.05) is 0 Å². The summed E-state index contributed by atoms with van der Waals surface area (Å²) in [6.45, 7) is 1.77. The van der Waals surface area contributed by atoms with Crippen LogP contribution in [0.15, 0.2) is 58.7 Å². The van der Waals surface area contributed by atoms with E-state index in [0.29, 0.717) is 21.9 Å². The van der Waals surface area contributed by atoms with Gasteiger partial charge in [-0.2, -0.15) is 0 Å². The molecule has 30 heavy (non-hydrogen) atoms. The van der Waals surface area contributed by atoms with E-state index in [9.17, 15) is 9.59 Å². The molecule has 0 aliphatic heterocycles. The number of aromatic nitrogens is 4. The molecule has 8 nitrogen and oxygen atoms in total. The van der Waals surface area contributed by atoms with Crippen molar-refractivity contribution in [3.05, 3.63) is 75.2 Å². The minimum absolute atomic E-state index is 0.137. The first-order valence-electron chi connectivity index (χ1n) is 9.40. The van der Waals surface area contributed by atoms with Gasteiger partial charge in [-0.05, 0) is 37.6 Å². The highest BCUT2D eigenvalue weighted by atomic mass is 32.1. The van der Waals surface area contributed by atoms with Crippen LogP contribution in [0.4, 0.5) is 0 Å². The number of nitrogens with zero attached hydrogens (tertiary/aromatic N) is 4. The SMILES string of the molecule is Cc1nc(-c2ccncc2)[nH]c(=O)c1CCC(=O)N/N=c1\sc2ccccc2n1C. The first-order chi connectivity index (χ1) is 14.5. The number of carbonyl (C=O) groups excluding carboxylic acids is 1. The topological polar surface area (TPSA) is 105 Å². The van der Waals surface area contributed by atoms with E-state index in [2.05, 4.69) is 25.5 Å². The summed E-state index contributed by atoms with van der Waals surface area (Å²) in [5, 5.41) is 4.23. The van der Waals surface area contributed by atoms with Gasteiger partial charge in [-0.15, -0.1) is 5.10 Å². The summed E-state index contributed by atoms with van der Waals surface area (Å²) in [6, 6.07) is 11.5. The Morgan fingerprint density at radius 2 is 2.00 bits per heavy atom. The second kappa shape index (κ2) is 8.42. The van der Waals surface area contributed by atoms with E-state index in [1.165, 1.54) is 11.3 Å².